The summed E-state index contributed by atoms with van der Waals surface area (Å²) in [6.45, 7) is 1.53. The standard InChI is InChI=1S/C20H21N7O/c28-19(18-13-27(25-24-18)16-4-2-1-3-5-16)22-15-9-11-26(12-15)20-21-10-8-17(23-20)14-6-7-14/h1-5,8,10,13-15H,6-7,9,11-12H2,(H,22,28). The van der Waals surface area contributed by atoms with Gasteiger partial charge >= 0.3 is 0 Å². The van der Waals surface area contributed by atoms with Crippen LogP contribution in [0.25, 0.3) is 5.69 Å². The number of nitrogens with one attached hydrogen (secondary N) is 1. The highest BCUT2D eigenvalue weighted by Crippen LogP contribution is 2.39. The van der Waals surface area contributed by atoms with Crippen LogP contribution in [-0.2, 0) is 0 Å². The number of carbonyl (C=O) groups excluding carboxylic acids is 1. The maximum atomic E-state index is 12.6. The van der Waals surface area contributed by atoms with Crippen molar-refractivity contribution in [2.24, 2.45) is 0 Å². The summed E-state index contributed by atoms with van der Waals surface area (Å²) in [5.74, 6) is 1.16. The van der Waals surface area contributed by atoms with Gasteiger partial charge in [-0.3, -0.25) is 4.79 Å². The van der Waals surface area contributed by atoms with Crippen molar-refractivity contribution in [1.29, 1.82) is 0 Å². The minimum Gasteiger partial charge on any atom is -0.346 e. The molecule has 1 saturated heterocycles. The van der Waals surface area contributed by atoms with E-state index in [-0.39, 0.29) is 11.9 Å². The molecule has 2 aliphatic rings. The number of carbonyl (C=O) groups is 1. The predicted octanol–water partition coefficient (Wildman–Crippen LogP) is 1.94. The molecule has 5 rings (SSSR count). The van der Waals surface area contributed by atoms with E-state index in [9.17, 15) is 4.79 Å². The summed E-state index contributed by atoms with van der Waals surface area (Å²) in [4.78, 5) is 23.8. The first-order valence-corrected chi connectivity index (χ1v) is 9.63. The topological polar surface area (TPSA) is 88.8 Å². The van der Waals surface area contributed by atoms with Crippen LogP contribution in [0.15, 0.2) is 48.8 Å². The van der Waals surface area contributed by atoms with Crippen molar-refractivity contribution in [2.75, 3.05) is 18.0 Å². The molecule has 1 N–H and O–H groups in total. The molecule has 142 valence electrons. The van der Waals surface area contributed by atoms with Gasteiger partial charge in [-0.25, -0.2) is 14.6 Å². The summed E-state index contributed by atoms with van der Waals surface area (Å²) in [5.41, 5.74) is 2.32. The summed E-state index contributed by atoms with van der Waals surface area (Å²) < 4.78 is 1.60. The van der Waals surface area contributed by atoms with Gasteiger partial charge in [0.15, 0.2) is 5.69 Å². The molecule has 1 amide bonds. The monoisotopic (exact) mass is 375 g/mol. The molecular weight excluding hydrogens is 354 g/mol. The average Bonchev–Trinajstić information content (AvgIpc) is 3.28. The van der Waals surface area contributed by atoms with Crippen molar-refractivity contribution in [1.82, 2.24) is 30.3 Å². The Labute approximate surface area is 162 Å². The van der Waals surface area contributed by atoms with Crippen molar-refractivity contribution in [3.63, 3.8) is 0 Å². The highest BCUT2D eigenvalue weighted by molar-refractivity contribution is 5.92. The Balaban J connectivity index is 1.22. The van der Waals surface area contributed by atoms with E-state index in [0.29, 0.717) is 18.2 Å². The number of hydrogen-bond acceptors (Lipinski definition) is 6. The van der Waals surface area contributed by atoms with E-state index < -0.39 is 0 Å². The summed E-state index contributed by atoms with van der Waals surface area (Å²) in [7, 11) is 0. The first kappa shape index (κ1) is 16.9. The first-order valence-electron chi connectivity index (χ1n) is 9.63. The number of aromatic nitrogens is 5. The fourth-order valence-corrected chi connectivity index (χ4v) is 3.51. The molecule has 2 fully saturated rings. The Hall–Kier alpha value is -3.29. The zero-order chi connectivity index (χ0) is 18.9. The van der Waals surface area contributed by atoms with Crippen LogP contribution in [0.5, 0.6) is 0 Å². The predicted molar refractivity (Wildman–Crippen MR) is 103 cm³/mol. The smallest absolute Gasteiger partial charge is 0.273 e. The van der Waals surface area contributed by atoms with Crippen molar-refractivity contribution in [3.8, 4) is 5.69 Å². The Bertz CT molecular complexity index is 983. The zero-order valence-electron chi connectivity index (χ0n) is 15.4. The molecule has 0 bridgehead atoms. The summed E-state index contributed by atoms with van der Waals surface area (Å²) in [5, 5.41) is 11.1. The molecule has 0 radical (unpaired) electrons. The van der Waals surface area contributed by atoms with Crippen molar-refractivity contribution >= 4 is 11.9 Å². The van der Waals surface area contributed by atoms with Gasteiger partial charge in [-0.2, -0.15) is 0 Å². The highest BCUT2D eigenvalue weighted by atomic mass is 16.2. The van der Waals surface area contributed by atoms with E-state index in [2.05, 4.69) is 25.5 Å². The van der Waals surface area contributed by atoms with Crippen LogP contribution in [0.4, 0.5) is 5.95 Å². The number of hydrogen-bond donors (Lipinski definition) is 1. The molecule has 3 aromatic rings. The molecule has 1 aromatic carbocycles. The van der Waals surface area contributed by atoms with E-state index in [1.807, 2.05) is 42.6 Å². The minimum atomic E-state index is -0.207. The Morgan fingerprint density at radius 1 is 1.11 bits per heavy atom. The van der Waals surface area contributed by atoms with E-state index in [4.69, 9.17) is 4.98 Å². The second-order valence-electron chi connectivity index (χ2n) is 7.34. The average molecular weight is 375 g/mol. The Kier molecular flexibility index (Phi) is 4.23. The van der Waals surface area contributed by atoms with Gasteiger partial charge in [0.05, 0.1) is 11.9 Å². The molecule has 1 atom stereocenters. The molecule has 1 aliphatic carbocycles. The summed E-state index contributed by atoms with van der Waals surface area (Å²) >= 11 is 0. The Morgan fingerprint density at radius 3 is 2.79 bits per heavy atom. The van der Waals surface area contributed by atoms with Crippen molar-refractivity contribution in [3.05, 3.63) is 60.2 Å². The number of amides is 1. The zero-order valence-corrected chi connectivity index (χ0v) is 15.4. The highest BCUT2D eigenvalue weighted by Gasteiger charge is 2.29. The quantitative estimate of drug-likeness (QED) is 0.733. The minimum absolute atomic E-state index is 0.0440. The van der Waals surface area contributed by atoms with E-state index in [1.54, 1.807) is 10.9 Å². The molecule has 2 aromatic heterocycles. The lowest BCUT2D eigenvalue weighted by atomic mass is 10.2. The third kappa shape index (κ3) is 3.45. The van der Waals surface area contributed by atoms with Crippen LogP contribution < -0.4 is 10.2 Å². The number of anilines is 1. The lowest BCUT2D eigenvalue weighted by molar-refractivity contribution is 0.0935. The van der Waals surface area contributed by atoms with E-state index >= 15 is 0 Å². The maximum absolute atomic E-state index is 12.6. The van der Waals surface area contributed by atoms with E-state index in [1.165, 1.54) is 12.8 Å². The third-order valence-corrected chi connectivity index (χ3v) is 5.21. The molecule has 1 unspecified atom stereocenters. The molecule has 3 heterocycles. The molecule has 1 saturated carbocycles. The van der Waals surface area contributed by atoms with Crippen LogP contribution in [0.3, 0.4) is 0 Å². The second kappa shape index (κ2) is 7.03. The summed E-state index contributed by atoms with van der Waals surface area (Å²) in [6, 6.07) is 11.7. The number of rotatable bonds is 5. The Morgan fingerprint density at radius 2 is 1.96 bits per heavy atom. The number of benzene rings is 1. The van der Waals surface area contributed by atoms with Gasteiger partial charge in [0.1, 0.15) is 0 Å². The lowest BCUT2D eigenvalue weighted by Crippen LogP contribution is -2.37. The van der Waals surface area contributed by atoms with Crippen LogP contribution in [0.1, 0.15) is 41.4 Å². The van der Waals surface area contributed by atoms with Crippen LogP contribution in [-0.4, -0.2) is 50.0 Å². The fraction of sp³-hybridized carbons (Fsp3) is 0.350. The first-order chi connectivity index (χ1) is 13.8. The van der Waals surface area contributed by atoms with Crippen LogP contribution in [0, 0.1) is 0 Å². The maximum Gasteiger partial charge on any atom is 0.273 e. The van der Waals surface area contributed by atoms with E-state index in [0.717, 1.165) is 30.3 Å². The SMILES string of the molecule is O=C(NC1CCN(c2nccc(C3CC3)n2)C1)c1cn(-c2ccccc2)nn1. The van der Waals surface area contributed by atoms with Crippen LogP contribution >= 0.6 is 0 Å². The third-order valence-electron chi connectivity index (χ3n) is 5.21. The largest absolute Gasteiger partial charge is 0.346 e. The number of para-hydroxylation sites is 1. The second-order valence-corrected chi connectivity index (χ2v) is 7.34. The molecular formula is C20H21N7O. The van der Waals surface area contributed by atoms with Crippen LogP contribution in [0.2, 0.25) is 0 Å². The van der Waals surface area contributed by atoms with Gasteiger partial charge in [0.2, 0.25) is 5.95 Å². The lowest BCUT2D eigenvalue weighted by Gasteiger charge is -2.17. The van der Waals surface area contributed by atoms with Gasteiger partial charge in [0, 0.05) is 36.9 Å². The van der Waals surface area contributed by atoms with Gasteiger partial charge in [0.25, 0.3) is 5.91 Å². The van der Waals surface area contributed by atoms with Gasteiger partial charge in [-0.15, -0.1) is 5.10 Å². The van der Waals surface area contributed by atoms with Crippen molar-refractivity contribution in [2.45, 2.75) is 31.2 Å². The molecule has 0 spiro atoms. The molecule has 28 heavy (non-hydrogen) atoms. The number of nitrogens with zero attached hydrogens (tertiary/aromatic N) is 6. The van der Waals surface area contributed by atoms with Crippen molar-refractivity contribution < 1.29 is 4.79 Å². The van der Waals surface area contributed by atoms with Gasteiger partial charge in [-0.1, -0.05) is 23.4 Å². The molecule has 8 heteroatoms. The normalized spacial score (nSPS) is 19.0. The molecule has 1 aliphatic heterocycles. The molecule has 8 nitrogen and oxygen atoms in total. The summed E-state index contributed by atoms with van der Waals surface area (Å²) in [6.07, 6.45) is 6.79. The van der Waals surface area contributed by atoms with Gasteiger partial charge in [-0.05, 0) is 37.5 Å². The van der Waals surface area contributed by atoms with Gasteiger partial charge < -0.3 is 10.2 Å². The fourth-order valence-electron chi connectivity index (χ4n) is 3.51.